The predicted octanol–water partition coefficient (Wildman–Crippen LogP) is 4.37. The molecule has 0 aliphatic carbocycles. The number of aromatic nitrogens is 2. The topological polar surface area (TPSA) is 45.8 Å². The molecule has 0 radical (unpaired) electrons. The van der Waals surface area contributed by atoms with E-state index in [0.717, 1.165) is 29.5 Å². The quantitative estimate of drug-likeness (QED) is 0.763. The van der Waals surface area contributed by atoms with Gasteiger partial charge in [-0.15, -0.1) is 11.3 Å². The lowest BCUT2D eigenvalue weighted by Crippen LogP contribution is -2.13. The van der Waals surface area contributed by atoms with Crippen LogP contribution in [-0.4, -0.2) is 9.97 Å². The van der Waals surface area contributed by atoms with Crippen LogP contribution in [0, 0.1) is 0 Å². The second-order valence-corrected chi connectivity index (χ2v) is 6.27. The zero-order valence-corrected chi connectivity index (χ0v) is 13.3. The van der Waals surface area contributed by atoms with Crippen LogP contribution in [0.25, 0.3) is 21.5 Å². The van der Waals surface area contributed by atoms with E-state index in [1.165, 1.54) is 4.70 Å². The number of halogens is 1. The molecule has 0 unspecified atom stereocenters. The van der Waals surface area contributed by atoms with Crippen molar-refractivity contribution in [3.8, 4) is 11.4 Å². The van der Waals surface area contributed by atoms with E-state index in [1.807, 2.05) is 17.5 Å². The molecule has 0 fully saturated rings. The summed E-state index contributed by atoms with van der Waals surface area (Å²) in [6.07, 6.45) is 1.75. The van der Waals surface area contributed by atoms with Crippen molar-refractivity contribution in [2.24, 2.45) is 0 Å². The summed E-state index contributed by atoms with van der Waals surface area (Å²) < 4.78 is 1.74. The second-order valence-electron chi connectivity index (χ2n) is 4.57. The molecule has 0 bridgehead atoms. The summed E-state index contributed by atoms with van der Waals surface area (Å²) in [6.45, 7) is 2.08. The largest absolute Gasteiger partial charge is 0.305 e. The Balaban J connectivity index is 2.22. The summed E-state index contributed by atoms with van der Waals surface area (Å²) in [4.78, 5) is 19.5. The van der Waals surface area contributed by atoms with Gasteiger partial charge in [0.15, 0.2) is 0 Å². The molecule has 1 aromatic carbocycles. The van der Waals surface area contributed by atoms with Crippen molar-refractivity contribution in [1.29, 1.82) is 0 Å². The molecule has 3 nitrogen and oxygen atoms in total. The van der Waals surface area contributed by atoms with E-state index in [-0.39, 0.29) is 5.56 Å². The smallest absolute Gasteiger partial charge is 0.265 e. The highest BCUT2D eigenvalue weighted by molar-refractivity contribution is 9.10. The molecule has 0 aliphatic rings. The number of thiophene rings is 1. The van der Waals surface area contributed by atoms with Crippen LogP contribution in [-0.2, 0) is 6.42 Å². The lowest BCUT2D eigenvalue weighted by atomic mass is 10.1. The molecule has 102 valence electrons. The van der Waals surface area contributed by atoms with Crippen LogP contribution >= 0.6 is 27.3 Å². The van der Waals surface area contributed by atoms with Crippen LogP contribution in [0.1, 0.15) is 19.0 Å². The summed E-state index contributed by atoms with van der Waals surface area (Å²) >= 11 is 4.99. The molecule has 1 N–H and O–H groups in total. The van der Waals surface area contributed by atoms with Crippen LogP contribution in [0.5, 0.6) is 0 Å². The SMILES string of the molecule is CCCc1nc(-c2csc3ccccc23)[nH]c(=O)c1Br. The zero-order chi connectivity index (χ0) is 14.1. The summed E-state index contributed by atoms with van der Waals surface area (Å²) in [5, 5.41) is 3.18. The zero-order valence-electron chi connectivity index (χ0n) is 10.9. The Morgan fingerprint density at radius 1 is 1.35 bits per heavy atom. The van der Waals surface area contributed by atoms with Gasteiger partial charge < -0.3 is 4.98 Å². The normalized spacial score (nSPS) is 11.1. The van der Waals surface area contributed by atoms with E-state index in [0.29, 0.717) is 10.3 Å². The molecule has 0 saturated heterocycles. The Bertz CT molecular complexity index is 822. The van der Waals surface area contributed by atoms with Gasteiger partial charge in [-0.1, -0.05) is 31.5 Å². The van der Waals surface area contributed by atoms with Crippen LogP contribution in [0.2, 0.25) is 0 Å². The van der Waals surface area contributed by atoms with Crippen molar-refractivity contribution < 1.29 is 0 Å². The average molecular weight is 349 g/mol. The van der Waals surface area contributed by atoms with Crippen molar-refractivity contribution in [2.45, 2.75) is 19.8 Å². The van der Waals surface area contributed by atoms with E-state index in [2.05, 4.69) is 45.0 Å². The number of rotatable bonds is 3. The van der Waals surface area contributed by atoms with E-state index in [9.17, 15) is 4.79 Å². The molecule has 0 saturated carbocycles. The summed E-state index contributed by atoms with van der Waals surface area (Å²) in [7, 11) is 0. The van der Waals surface area contributed by atoms with Crippen molar-refractivity contribution in [3.63, 3.8) is 0 Å². The molecule has 0 spiro atoms. The van der Waals surface area contributed by atoms with E-state index in [4.69, 9.17) is 0 Å². The standard InChI is InChI=1S/C15H13BrN2OS/c1-2-5-11-13(16)15(19)18-14(17-11)10-8-20-12-7-4-3-6-9(10)12/h3-4,6-8H,2,5H2,1H3,(H,17,18,19). The van der Waals surface area contributed by atoms with Crippen LogP contribution in [0.4, 0.5) is 0 Å². The van der Waals surface area contributed by atoms with Crippen molar-refractivity contribution in [1.82, 2.24) is 9.97 Å². The molecule has 5 heteroatoms. The van der Waals surface area contributed by atoms with Crippen molar-refractivity contribution in [3.05, 3.63) is 50.2 Å². The average Bonchev–Trinajstić information content (AvgIpc) is 2.88. The second kappa shape index (κ2) is 5.50. The Morgan fingerprint density at radius 2 is 2.15 bits per heavy atom. The maximum Gasteiger partial charge on any atom is 0.265 e. The van der Waals surface area contributed by atoms with Gasteiger partial charge in [-0.3, -0.25) is 4.79 Å². The van der Waals surface area contributed by atoms with E-state index in [1.54, 1.807) is 11.3 Å². The number of nitrogens with one attached hydrogen (secondary N) is 1. The van der Waals surface area contributed by atoms with Gasteiger partial charge in [-0.2, -0.15) is 0 Å². The number of nitrogens with zero attached hydrogens (tertiary/aromatic N) is 1. The van der Waals surface area contributed by atoms with Gasteiger partial charge in [0.05, 0.1) is 5.69 Å². The fraction of sp³-hybridized carbons (Fsp3) is 0.200. The molecular formula is C15H13BrN2OS. The third kappa shape index (κ3) is 2.31. The Kier molecular flexibility index (Phi) is 3.72. The van der Waals surface area contributed by atoms with Crippen molar-refractivity contribution in [2.75, 3.05) is 0 Å². The molecule has 3 rings (SSSR count). The van der Waals surface area contributed by atoms with E-state index < -0.39 is 0 Å². The maximum atomic E-state index is 12.0. The van der Waals surface area contributed by atoms with Gasteiger partial charge in [-0.05, 0) is 28.4 Å². The minimum absolute atomic E-state index is 0.117. The van der Waals surface area contributed by atoms with Gasteiger partial charge in [0, 0.05) is 21.0 Å². The highest BCUT2D eigenvalue weighted by Gasteiger charge is 2.12. The fourth-order valence-electron chi connectivity index (χ4n) is 2.20. The molecule has 2 heterocycles. The van der Waals surface area contributed by atoms with Crippen LogP contribution in [0.3, 0.4) is 0 Å². The predicted molar refractivity (Wildman–Crippen MR) is 87.4 cm³/mol. The van der Waals surface area contributed by atoms with Crippen LogP contribution in [0.15, 0.2) is 38.9 Å². The van der Waals surface area contributed by atoms with E-state index >= 15 is 0 Å². The minimum Gasteiger partial charge on any atom is -0.305 e. The van der Waals surface area contributed by atoms with Gasteiger partial charge in [0.25, 0.3) is 5.56 Å². The lowest BCUT2D eigenvalue weighted by Gasteiger charge is -2.05. The van der Waals surface area contributed by atoms with Crippen molar-refractivity contribution >= 4 is 37.4 Å². The summed E-state index contributed by atoms with van der Waals surface area (Å²) in [5.74, 6) is 0.652. The molecule has 20 heavy (non-hydrogen) atoms. The highest BCUT2D eigenvalue weighted by atomic mass is 79.9. The fourth-order valence-corrected chi connectivity index (χ4v) is 3.53. The lowest BCUT2D eigenvalue weighted by molar-refractivity contribution is 0.861. The Labute approximate surface area is 128 Å². The third-order valence-corrected chi connectivity index (χ3v) is 4.94. The number of fused-ring (bicyclic) bond motifs is 1. The Hall–Kier alpha value is -1.46. The summed E-state index contributed by atoms with van der Waals surface area (Å²) in [6, 6.07) is 8.15. The number of H-pyrrole nitrogens is 1. The third-order valence-electron chi connectivity index (χ3n) is 3.15. The molecule has 2 aromatic heterocycles. The Morgan fingerprint density at radius 3 is 2.95 bits per heavy atom. The number of hydrogen-bond acceptors (Lipinski definition) is 3. The first-order chi connectivity index (χ1) is 9.70. The molecule has 0 aliphatic heterocycles. The number of aromatic amines is 1. The number of aryl methyl sites for hydroxylation is 1. The summed E-state index contributed by atoms with van der Waals surface area (Å²) in [5.41, 5.74) is 1.70. The minimum atomic E-state index is -0.117. The van der Waals surface area contributed by atoms with Gasteiger partial charge in [0.1, 0.15) is 10.3 Å². The number of benzene rings is 1. The molecule has 0 atom stereocenters. The van der Waals surface area contributed by atoms with Gasteiger partial charge >= 0.3 is 0 Å². The molecule has 0 amide bonds. The first-order valence-electron chi connectivity index (χ1n) is 6.46. The first kappa shape index (κ1) is 13.5. The highest BCUT2D eigenvalue weighted by Crippen LogP contribution is 2.32. The van der Waals surface area contributed by atoms with Gasteiger partial charge in [-0.25, -0.2) is 4.98 Å². The van der Waals surface area contributed by atoms with Crippen LogP contribution < -0.4 is 5.56 Å². The monoisotopic (exact) mass is 348 g/mol. The number of hydrogen-bond donors (Lipinski definition) is 1. The molecule has 3 aromatic rings. The first-order valence-corrected chi connectivity index (χ1v) is 8.13. The molecular weight excluding hydrogens is 336 g/mol. The maximum absolute atomic E-state index is 12.0. The van der Waals surface area contributed by atoms with Gasteiger partial charge in [0.2, 0.25) is 0 Å².